The number of aromatic nitrogens is 2. The average Bonchev–Trinajstić information content (AvgIpc) is 2.84. The van der Waals surface area contributed by atoms with Crippen molar-refractivity contribution in [2.24, 2.45) is 0 Å². The molecule has 0 amide bonds. The summed E-state index contributed by atoms with van der Waals surface area (Å²) in [5.74, 6) is -0.218. The second-order valence-corrected chi connectivity index (χ2v) is 4.70. The number of H-pyrrole nitrogens is 1. The van der Waals surface area contributed by atoms with E-state index in [0.29, 0.717) is 17.5 Å². The molecule has 0 radical (unpaired) electrons. The Bertz CT molecular complexity index is 516. The SMILES string of the molecule is CCCOc1cc(Sc2ncc[nH]2)c(N)cc1F. The molecular formula is C12H14FN3OS. The lowest BCUT2D eigenvalue weighted by Crippen LogP contribution is -1.99. The fourth-order valence-corrected chi connectivity index (χ4v) is 2.16. The summed E-state index contributed by atoms with van der Waals surface area (Å²) in [5.41, 5.74) is 6.15. The highest BCUT2D eigenvalue weighted by molar-refractivity contribution is 7.99. The van der Waals surface area contributed by atoms with Crippen LogP contribution in [0.3, 0.4) is 0 Å². The predicted octanol–water partition coefficient (Wildman–Crippen LogP) is 3.07. The van der Waals surface area contributed by atoms with Gasteiger partial charge in [0.05, 0.1) is 6.61 Å². The van der Waals surface area contributed by atoms with Crippen LogP contribution in [-0.2, 0) is 0 Å². The van der Waals surface area contributed by atoms with Crippen molar-refractivity contribution >= 4 is 17.4 Å². The Labute approximate surface area is 109 Å². The smallest absolute Gasteiger partial charge is 0.170 e. The molecule has 0 fully saturated rings. The summed E-state index contributed by atoms with van der Waals surface area (Å²) in [4.78, 5) is 7.76. The maximum Gasteiger partial charge on any atom is 0.170 e. The Morgan fingerprint density at radius 1 is 1.50 bits per heavy atom. The lowest BCUT2D eigenvalue weighted by atomic mass is 10.3. The summed E-state index contributed by atoms with van der Waals surface area (Å²) in [6, 6.07) is 2.88. The van der Waals surface area contributed by atoms with E-state index in [4.69, 9.17) is 10.5 Å². The molecule has 0 atom stereocenters. The number of hydrogen-bond donors (Lipinski definition) is 2. The normalized spacial score (nSPS) is 10.6. The van der Waals surface area contributed by atoms with Gasteiger partial charge in [0, 0.05) is 29.0 Å². The highest BCUT2D eigenvalue weighted by atomic mass is 32.2. The number of ether oxygens (including phenoxy) is 1. The van der Waals surface area contributed by atoms with Crippen molar-refractivity contribution in [3.8, 4) is 5.75 Å². The molecule has 0 aliphatic rings. The van der Waals surface area contributed by atoms with E-state index in [-0.39, 0.29) is 5.75 Å². The first kappa shape index (κ1) is 12.8. The van der Waals surface area contributed by atoms with Crippen LogP contribution in [-0.4, -0.2) is 16.6 Å². The molecule has 0 aliphatic heterocycles. The lowest BCUT2D eigenvalue weighted by Gasteiger charge is -2.09. The number of aromatic amines is 1. The topological polar surface area (TPSA) is 63.9 Å². The Kier molecular flexibility index (Phi) is 4.09. The van der Waals surface area contributed by atoms with Gasteiger partial charge in [-0.1, -0.05) is 6.92 Å². The van der Waals surface area contributed by atoms with E-state index in [1.165, 1.54) is 17.8 Å². The Balaban J connectivity index is 2.23. The molecule has 0 saturated heterocycles. The van der Waals surface area contributed by atoms with Gasteiger partial charge in [0.1, 0.15) is 0 Å². The van der Waals surface area contributed by atoms with Crippen LogP contribution in [0, 0.1) is 5.82 Å². The predicted molar refractivity (Wildman–Crippen MR) is 69.3 cm³/mol. The first-order valence-electron chi connectivity index (χ1n) is 5.59. The number of hydrogen-bond acceptors (Lipinski definition) is 4. The summed E-state index contributed by atoms with van der Waals surface area (Å²) in [6.45, 7) is 2.44. The van der Waals surface area contributed by atoms with Crippen LogP contribution in [0.2, 0.25) is 0 Å². The van der Waals surface area contributed by atoms with Gasteiger partial charge in [0.2, 0.25) is 0 Å². The zero-order valence-corrected chi connectivity index (χ0v) is 10.8. The number of benzene rings is 1. The highest BCUT2D eigenvalue weighted by Crippen LogP contribution is 2.34. The van der Waals surface area contributed by atoms with E-state index in [0.717, 1.165) is 11.3 Å². The Morgan fingerprint density at radius 2 is 2.33 bits per heavy atom. The van der Waals surface area contributed by atoms with Crippen LogP contribution in [0.15, 0.2) is 34.6 Å². The molecule has 1 aromatic carbocycles. The molecule has 2 aromatic rings. The molecule has 1 aromatic heterocycles. The fraction of sp³-hybridized carbons (Fsp3) is 0.250. The van der Waals surface area contributed by atoms with Crippen molar-refractivity contribution in [1.82, 2.24) is 9.97 Å². The number of halogens is 1. The maximum atomic E-state index is 13.6. The number of nitrogens with two attached hydrogens (primary N) is 1. The molecule has 6 heteroatoms. The number of nitrogens with zero attached hydrogens (tertiary/aromatic N) is 1. The first-order chi connectivity index (χ1) is 8.70. The molecule has 18 heavy (non-hydrogen) atoms. The third-order valence-corrected chi connectivity index (χ3v) is 3.20. The summed E-state index contributed by atoms with van der Waals surface area (Å²) in [7, 11) is 0. The fourth-order valence-electron chi connectivity index (χ4n) is 1.37. The third-order valence-electron chi connectivity index (χ3n) is 2.21. The second-order valence-electron chi connectivity index (χ2n) is 3.67. The number of imidazole rings is 1. The van der Waals surface area contributed by atoms with Crippen molar-refractivity contribution in [3.63, 3.8) is 0 Å². The molecule has 2 rings (SSSR count). The van der Waals surface area contributed by atoms with Crippen LogP contribution in [0.4, 0.5) is 10.1 Å². The van der Waals surface area contributed by atoms with Gasteiger partial charge in [-0.05, 0) is 24.2 Å². The molecule has 96 valence electrons. The van der Waals surface area contributed by atoms with Crippen molar-refractivity contribution in [1.29, 1.82) is 0 Å². The van der Waals surface area contributed by atoms with E-state index in [1.54, 1.807) is 18.5 Å². The van der Waals surface area contributed by atoms with Gasteiger partial charge in [0.15, 0.2) is 16.7 Å². The van der Waals surface area contributed by atoms with E-state index >= 15 is 0 Å². The largest absolute Gasteiger partial charge is 0.490 e. The van der Waals surface area contributed by atoms with Crippen LogP contribution >= 0.6 is 11.8 Å². The standard InChI is InChI=1S/C12H14FN3OS/c1-2-5-17-10-7-11(9(14)6-8(10)13)18-12-15-3-4-16-12/h3-4,6-7H,2,5,14H2,1H3,(H,15,16). The summed E-state index contributed by atoms with van der Waals surface area (Å²) < 4.78 is 18.9. The average molecular weight is 267 g/mol. The minimum Gasteiger partial charge on any atom is -0.490 e. The van der Waals surface area contributed by atoms with Gasteiger partial charge in [-0.2, -0.15) is 0 Å². The van der Waals surface area contributed by atoms with E-state index in [2.05, 4.69) is 9.97 Å². The summed E-state index contributed by atoms with van der Waals surface area (Å²) >= 11 is 1.34. The molecule has 0 spiro atoms. The summed E-state index contributed by atoms with van der Waals surface area (Å²) in [5, 5.41) is 0.703. The summed E-state index contributed by atoms with van der Waals surface area (Å²) in [6.07, 6.45) is 4.19. The van der Waals surface area contributed by atoms with Crippen molar-refractivity contribution < 1.29 is 9.13 Å². The van der Waals surface area contributed by atoms with Crippen LogP contribution in [0.25, 0.3) is 0 Å². The molecule has 3 N–H and O–H groups in total. The molecule has 0 aliphatic carbocycles. The molecule has 0 bridgehead atoms. The van der Waals surface area contributed by atoms with Gasteiger partial charge in [-0.25, -0.2) is 9.37 Å². The van der Waals surface area contributed by atoms with Crippen molar-refractivity contribution in [3.05, 3.63) is 30.3 Å². The van der Waals surface area contributed by atoms with Crippen molar-refractivity contribution in [2.45, 2.75) is 23.4 Å². The highest BCUT2D eigenvalue weighted by Gasteiger charge is 2.11. The molecule has 0 unspecified atom stereocenters. The number of rotatable bonds is 5. The third kappa shape index (κ3) is 2.95. The molecule has 0 saturated carbocycles. The van der Waals surface area contributed by atoms with Crippen LogP contribution in [0.1, 0.15) is 13.3 Å². The van der Waals surface area contributed by atoms with E-state index < -0.39 is 5.82 Å². The number of nitrogens with one attached hydrogen (secondary N) is 1. The van der Waals surface area contributed by atoms with Gasteiger partial charge in [0.25, 0.3) is 0 Å². The van der Waals surface area contributed by atoms with E-state index in [1.807, 2.05) is 6.92 Å². The lowest BCUT2D eigenvalue weighted by molar-refractivity contribution is 0.300. The molecule has 1 heterocycles. The number of nitrogen functional groups attached to an aromatic ring is 1. The number of anilines is 1. The van der Waals surface area contributed by atoms with Crippen LogP contribution < -0.4 is 10.5 Å². The Hall–Kier alpha value is -1.69. The van der Waals surface area contributed by atoms with E-state index in [9.17, 15) is 4.39 Å². The Morgan fingerprint density at radius 3 is 3.00 bits per heavy atom. The van der Waals surface area contributed by atoms with Gasteiger partial charge < -0.3 is 15.5 Å². The van der Waals surface area contributed by atoms with Crippen LogP contribution in [0.5, 0.6) is 5.75 Å². The maximum absolute atomic E-state index is 13.6. The first-order valence-corrected chi connectivity index (χ1v) is 6.41. The zero-order valence-electron chi connectivity index (χ0n) is 9.94. The minimum absolute atomic E-state index is 0.222. The van der Waals surface area contributed by atoms with Gasteiger partial charge in [-0.3, -0.25) is 0 Å². The van der Waals surface area contributed by atoms with Gasteiger partial charge in [-0.15, -0.1) is 0 Å². The minimum atomic E-state index is -0.440. The van der Waals surface area contributed by atoms with Crippen molar-refractivity contribution in [2.75, 3.05) is 12.3 Å². The monoisotopic (exact) mass is 267 g/mol. The van der Waals surface area contributed by atoms with Gasteiger partial charge >= 0.3 is 0 Å². The quantitative estimate of drug-likeness (QED) is 0.817. The molecular weight excluding hydrogens is 253 g/mol. The second kappa shape index (κ2) is 5.77. The molecule has 4 nitrogen and oxygen atoms in total. The zero-order chi connectivity index (χ0) is 13.0.